The topological polar surface area (TPSA) is 47.6 Å². The molecule has 2 aromatic carbocycles. The first-order valence-electron chi connectivity index (χ1n) is 7.61. The maximum atomic E-state index is 12.3. The van der Waals surface area contributed by atoms with Crippen molar-refractivity contribution in [2.45, 2.75) is 19.5 Å². The molecule has 0 saturated heterocycles. The van der Waals surface area contributed by atoms with Crippen molar-refractivity contribution in [3.8, 4) is 11.5 Å². The highest BCUT2D eigenvalue weighted by molar-refractivity contribution is 6.30. The van der Waals surface area contributed by atoms with Crippen molar-refractivity contribution >= 4 is 17.5 Å². The molecular formula is C18H18ClF2NO3. The number of rotatable bonds is 8. The van der Waals surface area contributed by atoms with Gasteiger partial charge < -0.3 is 14.8 Å². The van der Waals surface area contributed by atoms with E-state index in [2.05, 4.69) is 10.1 Å². The van der Waals surface area contributed by atoms with E-state index in [1.165, 1.54) is 13.2 Å². The highest BCUT2D eigenvalue weighted by Crippen LogP contribution is 2.29. The van der Waals surface area contributed by atoms with E-state index in [1.807, 2.05) is 0 Å². The van der Waals surface area contributed by atoms with Gasteiger partial charge in [0.1, 0.15) is 0 Å². The minimum Gasteiger partial charge on any atom is -0.493 e. The number of ether oxygens (including phenoxy) is 2. The largest absolute Gasteiger partial charge is 0.493 e. The third-order valence-electron chi connectivity index (χ3n) is 3.46. The van der Waals surface area contributed by atoms with Crippen molar-refractivity contribution in [2.24, 2.45) is 0 Å². The number of hydrogen-bond acceptors (Lipinski definition) is 3. The van der Waals surface area contributed by atoms with Crippen LogP contribution in [0.3, 0.4) is 0 Å². The second kappa shape index (κ2) is 9.22. The average molecular weight is 370 g/mol. The predicted molar refractivity (Wildman–Crippen MR) is 91.5 cm³/mol. The average Bonchev–Trinajstić information content (AvgIpc) is 2.57. The predicted octanol–water partition coefficient (Wildman–Crippen LogP) is 3.85. The summed E-state index contributed by atoms with van der Waals surface area (Å²) in [5, 5.41) is 3.44. The summed E-state index contributed by atoms with van der Waals surface area (Å²) in [4.78, 5) is 11.9. The number of nitrogens with one attached hydrogen (secondary N) is 1. The van der Waals surface area contributed by atoms with Crippen molar-refractivity contribution in [1.29, 1.82) is 0 Å². The molecule has 1 N–H and O–H groups in total. The molecule has 0 radical (unpaired) electrons. The third kappa shape index (κ3) is 6.23. The molecule has 0 heterocycles. The molecule has 2 rings (SSSR count). The summed E-state index contributed by atoms with van der Waals surface area (Å²) >= 11 is 5.80. The Hall–Kier alpha value is -2.34. The molecule has 7 heteroatoms. The van der Waals surface area contributed by atoms with Crippen molar-refractivity contribution in [3.63, 3.8) is 0 Å². The van der Waals surface area contributed by atoms with Crippen molar-refractivity contribution in [2.75, 3.05) is 13.7 Å². The van der Waals surface area contributed by atoms with Crippen LogP contribution in [0.4, 0.5) is 8.78 Å². The van der Waals surface area contributed by atoms with Crippen molar-refractivity contribution in [1.82, 2.24) is 5.32 Å². The Balaban J connectivity index is 1.84. The van der Waals surface area contributed by atoms with Gasteiger partial charge in [-0.3, -0.25) is 4.79 Å². The van der Waals surface area contributed by atoms with Crippen LogP contribution in [-0.2, 0) is 17.6 Å². The highest BCUT2D eigenvalue weighted by Gasteiger charge is 2.11. The first-order chi connectivity index (χ1) is 12.0. The first kappa shape index (κ1) is 19.0. The van der Waals surface area contributed by atoms with Gasteiger partial charge in [0, 0.05) is 11.6 Å². The zero-order valence-electron chi connectivity index (χ0n) is 13.6. The van der Waals surface area contributed by atoms with Crippen LogP contribution in [0.5, 0.6) is 11.5 Å². The highest BCUT2D eigenvalue weighted by atomic mass is 35.5. The zero-order chi connectivity index (χ0) is 18.2. The van der Waals surface area contributed by atoms with Crippen LogP contribution in [0.25, 0.3) is 0 Å². The lowest BCUT2D eigenvalue weighted by molar-refractivity contribution is -0.120. The molecule has 0 atom stereocenters. The number of amides is 1. The number of benzene rings is 2. The van der Waals surface area contributed by atoms with E-state index >= 15 is 0 Å². The quantitative estimate of drug-likeness (QED) is 0.768. The lowest BCUT2D eigenvalue weighted by Crippen LogP contribution is -2.27. The Morgan fingerprint density at radius 1 is 1.12 bits per heavy atom. The molecule has 4 nitrogen and oxygen atoms in total. The van der Waals surface area contributed by atoms with Gasteiger partial charge in [0.25, 0.3) is 0 Å². The van der Waals surface area contributed by atoms with Crippen LogP contribution < -0.4 is 14.8 Å². The molecule has 25 heavy (non-hydrogen) atoms. The Kier molecular flexibility index (Phi) is 7.01. The van der Waals surface area contributed by atoms with Crippen LogP contribution in [0.2, 0.25) is 5.02 Å². The minimum absolute atomic E-state index is 0.0203. The van der Waals surface area contributed by atoms with Crippen LogP contribution in [0.1, 0.15) is 11.1 Å². The molecule has 1 amide bonds. The van der Waals surface area contributed by atoms with E-state index in [0.717, 1.165) is 11.1 Å². The van der Waals surface area contributed by atoms with Crippen LogP contribution in [0.15, 0.2) is 42.5 Å². The van der Waals surface area contributed by atoms with Gasteiger partial charge >= 0.3 is 6.61 Å². The maximum absolute atomic E-state index is 12.3. The fourth-order valence-corrected chi connectivity index (χ4v) is 2.38. The number of halogens is 3. The number of hydrogen-bond donors (Lipinski definition) is 1. The molecular weight excluding hydrogens is 352 g/mol. The second-order valence-corrected chi connectivity index (χ2v) is 5.70. The van der Waals surface area contributed by atoms with E-state index < -0.39 is 6.61 Å². The van der Waals surface area contributed by atoms with Gasteiger partial charge in [0.2, 0.25) is 5.91 Å². The molecule has 0 aliphatic carbocycles. The van der Waals surface area contributed by atoms with E-state index in [-0.39, 0.29) is 23.8 Å². The monoisotopic (exact) mass is 369 g/mol. The standard InChI is InChI=1S/C18H18ClF2NO3/c1-24-16-10-13(4-7-15(16)25-18(20)21)8-9-22-17(23)11-12-2-5-14(19)6-3-12/h2-7,10,18H,8-9,11H2,1H3,(H,22,23). The summed E-state index contributed by atoms with van der Waals surface area (Å²) < 4.78 is 34.0. The normalized spacial score (nSPS) is 10.6. The fraction of sp³-hybridized carbons (Fsp3) is 0.278. The molecule has 0 spiro atoms. The van der Waals surface area contributed by atoms with Gasteiger partial charge in [0.15, 0.2) is 11.5 Å². The van der Waals surface area contributed by atoms with Gasteiger partial charge in [0.05, 0.1) is 13.5 Å². The number of carbonyl (C=O) groups excluding carboxylic acids is 1. The molecule has 0 aliphatic heterocycles. The van der Waals surface area contributed by atoms with Crippen molar-refractivity contribution in [3.05, 3.63) is 58.6 Å². The number of methoxy groups -OCH3 is 1. The molecule has 0 aliphatic rings. The lowest BCUT2D eigenvalue weighted by Gasteiger charge is -2.11. The van der Waals surface area contributed by atoms with Crippen LogP contribution in [-0.4, -0.2) is 26.2 Å². The molecule has 0 saturated carbocycles. The minimum atomic E-state index is -2.91. The smallest absolute Gasteiger partial charge is 0.387 e. The van der Waals surface area contributed by atoms with Gasteiger partial charge in [-0.15, -0.1) is 0 Å². The molecule has 0 aromatic heterocycles. The van der Waals surface area contributed by atoms with Gasteiger partial charge in [-0.25, -0.2) is 0 Å². The van der Waals surface area contributed by atoms with Gasteiger partial charge in [-0.1, -0.05) is 29.8 Å². The Morgan fingerprint density at radius 2 is 1.80 bits per heavy atom. The molecule has 0 unspecified atom stereocenters. The maximum Gasteiger partial charge on any atom is 0.387 e. The Bertz CT molecular complexity index is 708. The summed E-state index contributed by atoms with van der Waals surface area (Å²) in [6.45, 7) is -2.49. The van der Waals surface area contributed by atoms with Gasteiger partial charge in [-0.2, -0.15) is 8.78 Å². The number of carbonyl (C=O) groups is 1. The Labute approximate surface area is 149 Å². The summed E-state index contributed by atoms with van der Waals surface area (Å²) in [7, 11) is 1.38. The van der Waals surface area contributed by atoms with Gasteiger partial charge in [-0.05, 0) is 41.8 Å². The molecule has 0 bridgehead atoms. The lowest BCUT2D eigenvalue weighted by atomic mass is 10.1. The number of alkyl halides is 2. The molecule has 0 fully saturated rings. The molecule has 134 valence electrons. The first-order valence-corrected chi connectivity index (χ1v) is 7.98. The van der Waals surface area contributed by atoms with E-state index in [1.54, 1.807) is 36.4 Å². The van der Waals surface area contributed by atoms with E-state index in [4.69, 9.17) is 16.3 Å². The zero-order valence-corrected chi connectivity index (χ0v) is 14.4. The van der Waals surface area contributed by atoms with E-state index in [9.17, 15) is 13.6 Å². The summed E-state index contributed by atoms with van der Waals surface area (Å²) in [6.07, 6.45) is 0.805. The van der Waals surface area contributed by atoms with Crippen LogP contribution >= 0.6 is 11.6 Å². The SMILES string of the molecule is COc1cc(CCNC(=O)Cc2ccc(Cl)cc2)ccc1OC(F)F. The summed E-state index contributed by atoms with van der Waals surface area (Å²) in [5.41, 5.74) is 1.71. The fourth-order valence-electron chi connectivity index (χ4n) is 2.26. The Morgan fingerprint density at radius 3 is 2.44 bits per heavy atom. The third-order valence-corrected chi connectivity index (χ3v) is 3.71. The van der Waals surface area contributed by atoms with E-state index in [0.29, 0.717) is 18.0 Å². The summed E-state index contributed by atoms with van der Waals surface area (Å²) in [5.74, 6) is 0.102. The van der Waals surface area contributed by atoms with Crippen molar-refractivity contribution < 1.29 is 23.0 Å². The van der Waals surface area contributed by atoms with Crippen LogP contribution in [0, 0.1) is 0 Å². The molecule has 2 aromatic rings. The second-order valence-electron chi connectivity index (χ2n) is 5.27. The summed E-state index contributed by atoms with van der Waals surface area (Å²) in [6, 6.07) is 11.8.